The average molecular weight is 171 g/mol. The normalized spacial score (nSPS) is 21.2. The molecule has 0 fully saturated rings. The maximum atomic E-state index is 4.12. The molecule has 0 bridgehead atoms. The molecule has 1 aromatic carbocycles. The predicted octanol–water partition coefficient (Wildman–Crippen LogP) is 3.07. The van der Waals surface area contributed by atoms with Gasteiger partial charge in [0.1, 0.15) is 0 Å². The molecule has 1 unspecified atom stereocenters. The van der Waals surface area contributed by atoms with Crippen LogP contribution in [-0.4, -0.2) is 6.04 Å². The van der Waals surface area contributed by atoms with Crippen LogP contribution >= 0.6 is 0 Å². The van der Waals surface area contributed by atoms with Gasteiger partial charge in [0.2, 0.25) is 0 Å². The van der Waals surface area contributed by atoms with Crippen molar-refractivity contribution < 1.29 is 0 Å². The average Bonchev–Trinajstić information content (AvgIpc) is 2.48. The lowest BCUT2D eigenvalue weighted by Gasteiger charge is -2.06. The Hall–Kier alpha value is -1.44. The number of nitrogens with zero attached hydrogens (tertiary/aromatic N) is 2. The van der Waals surface area contributed by atoms with E-state index in [4.69, 9.17) is 0 Å². The molecule has 0 N–H and O–H groups in total. The number of allylic oxidation sites excluding steroid dienone is 1. The third kappa shape index (κ3) is 1.39. The molecule has 0 spiro atoms. The molecule has 1 atom stereocenters. The molecule has 0 saturated heterocycles. The van der Waals surface area contributed by atoms with Crippen LogP contribution in [-0.2, 0) is 0 Å². The van der Waals surface area contributed by atoms with Crippen molar-refractivity contribution in [2.45, 2.75) is 19.9 Å². The Kier molecular flexibility index (Phi) is 1.97. The van der Waals surface area contributed by atoms with Crippen LogP contribution < -0.4 is 0 Å². The molecular formula is C11H11N2. The van der Waals surface area contributed by atoms with Crippen LogP contribution in [0.15, 0.2) is 40.2 Å². The van der Waals surface area contributed by atoms with Gasteiger partial charge in [0.15, 0.2) is 0 Å². The van der Waals surface area contributed by atoms with Gasteiger partial charge in [0, 0.05) is 5.57 Å². The van der Waals surface area contributed by atoms with Crippen molar-refractivity contribution in [3.05, 3.63) is 41.6 Å². The maximum absolute atomic E-state index is 4.12. The number of rotatable bonds is 1. The zero-order chi connectivity index (χ0) is 9.26. The minimum Gasteiger partial charge on any atom is -0.181 e. The van der Waals surface area contributed by atoms with E-state index in [2.05, 4.69) is 23.2 Å². The molecule has 2 rings (SSSR count). The summed E-state index contributed by atoms with van der Waals surface area (Å²) in [7, 11) is 0. The Bertz CT molecular complexity index is 363. The second-order valence-electron chi connectivity index (χ2n) is 3.18. The molecule has 65 valence electrons. The topological polar surface area (TPSA) is 24.7 Å². The first-order valence-corrected chi connectivity index (χ1v) is 4.37. The number of benzene rings is 1. The fraction of sp³-hybridized carbons (Fsp3) is 0.273. The Morgan fingerprint density at radius 1 is 1.31 bits per heavy atom. The zero-order valence-electron chi connectivity index (χ0n) is 7.78. The summed E-state index contributed by atoms with van der Waals surface area (Å²) >= 11 is 0. The van der Waals surface area contributed by atoms with Gasteiger partial charge >= 0.3 is 0 Å². The molecule has 1 radical (unpaired) electrons. The first-order chi connectivity index (χ1) is 6.29. The lowest BCUT2D eigenvalue weighted by molar-refractivity contribution is 0.904. The minimum atomic E-state index is 0.197. The van der Waals surface area contributed by atoms with Crippen LogP contribution in [0.1, 0.15) is 19.4 Å². The second kappa shape index (κ2) is 3.13. The highest BCUT2D eigenvalue weighted by Crippen LogP contribution is 2.29. The van der Waals surface area contributed by atoms with E-state index in [1.165, 1.54) is 11.1 Å². The van der Waals surface area contributed by atoms with E-state index in [0.717, 1.165) is 5.70 Å². The summed E-state index contributed by atoms with van der Waals surface area (Å²) in [5.74, 6) is 0. The largest absolute Gasteiger partial charge is 0.181 e. The van der Waals surface area contributed by atoms with Crippen molar-refractivity contribution in [1.29, 1.82) is 0 Å². The van der Waals surface area contributed by atoms with Gasteiger partial charge in [-0.25, -0.2) is 0 Å². The van der Waals surface area contributed by atoms with Crippen LogP contribution in [0.3, 0.4) is 0 Å². The Morgan fingerprint density at radius 3 is 2.54 bits per heavy atom. The quantitative estimate of drug-likeness (QED) is 0.620. The molecule has 1 heterocycles. The SMILES string of the molecule is CC1=C(c2cc[c]cc2)C(C)N=N1. The third-order valence-electron chi connectivity index (χ3n) is 2.22. The summed E-state index contributed by atoms with van der Waals surface area (Å²) in [5.41, 5.74) is 3.46. The molecule has 0 aromatic heterocycles. The van der Waals surface area contributed by atoms with Gasteiger partial charge in [-0.3, -0.25) is 0 Å². The molecule has 1 aliphatic rings. The lowest BCUT2D eigenvalue weighted by Crippen LogP contribution is -1.98. The monoisotopic (exact) mass is 171 g/mol. The van der Waals surface area contributed by atoms with E-state index in [1.807, 2.05) is 31.2 Å². The van der Waals surface area contributed by atoms with Crippen molar-refractivity contribution in [1.82, 2.24) is 0 Å². The summed E-state index contributed by atoms with van der Waals surface area (Å²) in [6.45, 7) is 4.06. The van der Waals surface area contributed by atoms with Gasteiger partial charge in [0.05, 0.1) is 11.7 Å². The molecule has 0 aliphatic carbocycles. The van der Waals surface area contributed by atoms with Gasteiger partial charge in [-0.05, 0) is 25.5 Å². The molecule has 13 heavy (non-hydrogen) atoms. The third-order valence-corrected chi connectivity index (χ3v) is 2.22. The van der Waals surface area contributed by atoms with Crippen molar-refractivity contribution in [2.24, 2.45) is 10.2 Å². The molecular weight excluding hydrogens is 160 g/mol. The zero-order valence-corrected chi connectivity index (χ0v) is 7.78. The van der Waals surface area contributed by atoms with Crippen LogP contribution in [0.5, 0.6) is 0 Å². The number of azo groups is 1. The summed E-state index contributed by atoms with van der Waals surface area (Å²) in [6.07, 6.45) is 0. The summed E-state index contributed by atoms with van der Waals surface area (Å²) < 4.78 is 0. The van der Waals surface area contributed by atoms with Crippen molar-refractivity contribution in [2.75, 3.05) is 0 Å². The van der Waals surface area contributed by atoms with E-state index in [9.17, 15) is 0 Å². The summed E-state index contributed by atoms with van der Waals surface area (Å²) in [5, 5.41) is 8.19. The van der Waals surface area contributed by atoms with Crippen molar-refractivity contribution in [3.8, 4) is 0 Å². The smallest absolute Gasteiger partial charge is 0.0957 e. The molecule has 2 heteroatoms. The number of hydrogen-bond donors (Lipinski definition) is 0. The van der Waals surface area contributed by atoms with Crippen molar-refractivity contribution in [3.63, 3.8) is 0 Å². The minimum absolute atomic E-state index is 0.197. The molecule has 0 amide bonds. The van der Waals surface area contributed by atoms with Gasteiger partial charge in [-0.1, -0.05) is 24.3 Å². The second-order valence-corrected chi connectivity index (χ2v) is 3.18. The van der Waals surface area contributed by atoms with E-state index >= 15 is 0 Å². The van der Waals surface area contributed by atoms with Gasteiger partial charge in [0.25, 0.3) is 0 Å². The molecule has 1 aromatic rings. The van der Waals surface area contributed by atoms with Gasteiger partial charge in [-0.2, -0.15) is 10.2 Å². The van der Waals surface area contributed by atoms with Crippen LogP contribution in [0.2, 0.25) is 0 Å². The first-order valence-electron chi connectivity index (χ1n) is 4.37. The van der Waals surface area contributed by atoms with Crippen molar-refractivity contribution >= 4 is 5.57 Å². The molecule has 0 saturated carbocycles. The van der Waals surface area contributed by atoms with E-state index in [-0.39, 0.29) is 6.04 Å². The Balaban J connectivity index is 2.44. The standard InChI is InChI=1S/C11H11N2/c1-8-11(9(2)13-12-8)10-6-4-3-5-7-10/h4-8H,1-2H3. The highest BCUT2D eigenvalue weighted by atomic mass is 15.2. The van der Waals surface area contributed by atoms with E-state index in [1.54, 1.807) is 0 Å². The van der Waals surface area contributed by atoms with E-state index in [0.29, 0.717) is 0 Å². The summed E-state index contributed by atoms with van der Waals surface area (Å²) in [6, 6.07) is 11.1. The van der Waals surface area contributed by atoms with Crippen LogP contribution in [0.25, 0.3) is 5.57 Å². The van der Waals surface area contributed by atoms with Crippen LogP contribution in [0, 0.1) is 6.07 Å². The van der Waals surface area contributed by atoms with Crippen LogP contribution in [0.4, 0.5) is 0 Å². The fourth-order valence-corrected chi connectivity index (χ4v) is 1.60. The number of hydrogen-bond acceptors (Lipinski definition) is 2. The lowest BCUT2D eigenvalue weighted by atomic mass is 9.99. The highest BCUT2D eigenvalue weighted by Gasteiger charge is 2.17. The predicted molar refractivity (Wildman–Crippen MR) is 52.2 cm³/mol. The Labute approximate surface area is 78.0 Å². The molecule has 1 aliphatic heterocycles. The van der Waals surface area contributed by atoms with Gasteiger partial charge < -0.3 is 0 Å². The molecule has 2 nitrogen and oxygen atoms in total. The Morgan fingerprint density at radius 2 is 2.00 bits per heavy atom. The highest BCUT2D eigenvalue weighted by molar-refractivity contribution is 5.72. The maximum Gasteiger partial charge on any atom is 0.0957 e. The summed E-state index contributed by atoms with van der Waals surface area (Å²) in [4.78, 5) is 0. The van der Waals surface area contributed by atoms with E-state index < -0.39 is 0 Å². The first kappa shape index (κ1) is 8.17. The fourth-order valence-electron chi connectivity index (χ4n) is 1.60. The van der Waals surface area contributed by atoms with Gasteiger partial charge in [-0.15, -0.1) is 0 Å².